The highest BCUT2D eigenvalue weighted by atomic mass is 19.4. The second-order valence-corrected chi connectivity index (χ2v) is 7.00. The van der Waals surface area contributed by atoms with Crippen LogP contribution < -0.4 is 5.32 Å². The zero-order chi connectivity index (χ0) is 21.0. The first-order valence-electron chi connectivity index (χ1n) is 9.21. The van der Waals surface area contributed by atoms with Crippen LogP contribution in [0.25, 0.3) is 0 Å². The molecule has 4 nitrogen and oxygen atoms in total. The Labute approximate surface area is 166 Å². The van der Waals surface area contributed by atoms with Crippen LogP contribution >= 0.6 is 0 Å². The maximum Gasteiger partial charge on any atom is 0.416 e. The molecule has 0 atom stereocenters. The lowest BCUT2D eigenvalue weighted by Gasteiger charge is -2.11. The van der Waals surface area contributed by atoms with Gasteiger partial charge in [-0.3, -0.25) is 4.79 Å². The fourth-order valence-corrected chi connectivity index (χ4v) is 3.43. The largest absolute Gasteiger partial charge is 0.478 e. The number of aromatic carboxylic acids is 1. The summed E-state index contributed by atoms with van der Waals surface area (Å²) < 4.78 is 38.7. The van der Waals surface area contributed by atoms with Crippen molar-refractivity contribution in [1.29, 1.82) is 0 Å². The number of allylic oxidation sites excluding steroid dienone is 1. The Balaban J connectivity index is 1.67. The Morgan fingerprint density at radius 1 is 1.00 bits per heavy atom. The lowest BCUT2D eigenvalue weighted by atomic mass is 9.99. The van der Waals surface area contributed by atoms with E-state index in [1.165, 1.54) is 18.2 Å². The number of carboxylic acids is 1. The molecule has 0 heterocycles. The Hall–Kier alpha value is -3.09. The van der Waals surface area contributed by atoms with Crippen molar-refractivity contribution < 1.29 is 27.9 Å². The summed E-state index contributed by atoms with van der Waals surface area (Å²) in [5.74, 6) is -1.25. The molecule has 0 aliphatic heterocycles. The van der Waals surface area contributed by atoms with Gasteiger partial charge in [0, 0.05) is 12.1 Å². The minimum atomic E-state index is -4.39. The van der Waals surface area contributed by atoms with E-state index < -0.39 is 17.7 Å². The second-order valence-electron chi connectivity index (χ2n) is 7.00. The van der Waals surface area contributed by atoms with Gasteiger partial charge < -0.3 is 10.4 Å². The van der Waals surface area contributed by atoms with E-state index in [1.807, 2.05) is 0 Å². The highest BCUT2D eigenvalue weighted by Gasteiger charge is 2.30. The lowest BCUT2D eigenvalue weighted by molar-refractivity contribution is -0.137. The molecule has 2 aromatic carbocycles. The number of carbonyl (C=O) groups is 2. The number of hydrogen-bond acceptors (Lipinski definition) is 2. The molecule has 0 radical (unpaired) electrons. The highest BCUT2D eigenvalue weighted by Crippen LogP contribution is 2.32. The number of benzene rings is 2. The molecular weight excluding hydrogens is 383 g/mol. The highest BCUT2D eigenvalue weighted by molar-refractivity contribution is 5.94. The van der Waals surface area contributed by atoms with Crippen LogP contribution in [-0.2, 0) is 23.9 Å². The predicted octanol–water partition coefficient (Wildman–Crippen LogP) is 4.74. The van der Waals surface area contributed by atoms with Crippen molar-refractivity contribution in [2.45, 2.75) is 38.4 Å². The standard InChI is InChI=1S/C22H20F3NO3/c23-22(24,25)18-5-1-3-15(12-18)11-17-4-2-6-19(17)20(27)26-13-14-7-9-16(10-8-14)21(28)29/h1,3,5,7-10,12H,2,4,6,11,13H2,(H,26,27)(H,28,29). The number of alkyl halides is 3. The molecule has 7 heteroatoms. The average molecular weight is 403 g/mol. The van der Waals surface area contributed by atoms with Crippen LogP contribution in [0.15, 0.2) is 59.7 Å². The molecule has 29 heavy (non-hydrogen) atoms. The number of carboxylic acid groups (broad SMARTS) is 1. The average Bonchev–Trinajstić information content (AvgIpc) is 3.14. The van der Waals surface area contributed by atoms with E-state index >= 15 is 0 Å². The Morgan fingerprint density at radius 3 is 2.38 bits per heavy atom. The summed E-state index contributed by atoms with van der Waals surface area (Å²) >= 11 is 0. The van der Waals surface area contributed by atoms with Crippen molar-refractivity contribution in [1.82, 2.24) is 5.32 Å². The topological polar surface area (TPSA) is 66.4 Å². The number of amides is 1. The van der Waals surface area contributed by atoms with Gasteiger partial charge in [0.05, 0.1) is 11.1 Å². The summed E-state index contributed by atoms with van der Waals surface area (Å²) in [4.78, 5) is 23.5. The number of halogens is 3. The Morgan fingerprint density at radius 2 is 1.72 bits per heavy atom. The van der Waals surface area contributed by atoms with Crippen LogP contribution in [0, 0.1) is 0 Å². The van der Waals surface area contributed by atoms with Crippen LogP contribution in [0.2, 0.25) is 0 Å². The third-order valence-corrected chi connectivity index (χ3v) is 4.93. The maximum absolute atomic E-state index is 12.9. The molecular formula is C22H20F3NO3. The first-order chi connectivity index (χ1) is 13.7. The van der Waals surface area contributed by atoms with Gasteiger partial charge in [0.15, 0.2) is 0 Å². The summed E-state index contributed by atoms with van der Waals surface area (Å²) in [6.07, 6.45) is -1.99. The molecule has 0 saturated heterocycles. The zero-order valence-corrected chi connectivity index (χ0v) is 15.6. The molecule has 0 fully saturated rings. The predicted molar refractivity (Wildman–Crippen MR) is 101 cm³/mol. The van der Waals surface area contributed by atoms with Crippen molar-refractivity contribution in [2.24, 2.45) is 0 Å². The summed E-state index contributed by atoms with van der Waals surface area (Å²) in [5, 5.41) is 11.7. The Bertz CT molecular complexity index is 947. The van der Waals surface area contributed by atoms with Crippen molar-refractivity contribution in [3.05, 3.63) is 81.9 Å². The Kier molecular flexibility index (Phi) is 6.06. The molecule has 0 unspecified atom stereocenters. The first-order valence-corrected chi connectivity index (χ1v) is 9.21. The molecule has 3 rings (SSSR count). The molecule has 152 valence electrons. The summed E-state index contributed by atoms with van der Waals surface area (Å²) in [5.41, 5.74) is 2.27. The van der Waals surface area contributed by atoms with E-state index in [-0.39, 0.29) is 18.0 Å². The van der Waals surface area contributed by atoms with Gasteiger partial charge >= 0.3 is 12.1 Å². The monoisotopic (exact) mass is 403 g/mol. The molecule has 1 amide bonds. The van der Waals surface area contributed by atoms with E-state index in [4.69, 9.17) is 5.11 Å². The van der Waals surface area contributed by atoms with Gasteiger partial charge in [0.1, 0.15) is 0 Å². The second kappa shape index (κ2) is 8.51. The van der Waals surface area contributed by atoms with Crippen LogP contribution in [0.5, 0.6) is 0 Å². The molecule has 2 aromatic rings. The maximum atomic E-state index is 12.9. The molecule has 1 aliphatic carbocycles. The van der Waals surface area contributed by atoms with Crippen molar-refractivity contribution in [2.75, 3.05) is 0 Å². The van der Waals surface area contributed by atoms with Crippen molar-refractivity contribution in [3.63, 3.8) is 0 Å². The van der Waals surface area contributed by atoms with Crippen LogP contribution in [-0.4, -0.2) is 17.0 Å². The normalized spacial score (nSPS) is 14.2. The number of carbonyl (C=O) groups excluding carboxylic acids is 1. The van der Waals surface area contributed by atoms with Crippen LogP contribution in [0.1, 0.15) is 46.3 Å². The van der Waals surface area contributed by atoms with Gasteiger partial charge in [-0.2, -0.15) is 13.2 Å². The molecule has 1 aliphatic rings. The molecule has 0 spiro atoms. The molecule has 0 saturated carbocycles. The van der Waals surface area contributed by atoms with Gasteiger partial charge in [-0.1, -0.05) is 35.9 Å². The fraction of sp³-hybridized carbons (Fsp3) is 0.273. The number of nitrogens with one attached hydrogen (secondary N) is 1. The molecule has 2 N–H and O–H groups in total. The number of hydrogen-bond donors (Lipinski definition) is 2. The van der Waals surface area contributed by atoms with E-state index in [9.17, 15) is 22.8 Å². The SMILES string of the molecule is O=C(NCc1ccc(C(=O)O)cc1)C1=C(Cc2cccc(C(F)(F)F)c2)CCC1. The van der Waals surface area contributed by atoms with Crippen LogP contribution in [0.3, 0.4) is 0 Å². The van der Waals surface area contributed by atoms with Gasteiger partial charge in [-0.15, -0.1) is 0 Å². The van der Waals surface area contributed by atoms with Gasteiger partial charge in [-0.05, 0) is 55.0 Å². The number of rotatable bonds is 6. The van der Waals surface area contributed by atoms with E-state index in [0.29, 0.717) is 30.4 Å². The summed E-state index contributed by atoms with van der Waals surface area (Å²) in [6, 6.07) is 11.4. The fourth-order valence-electron chi connectivity index (χ4n) is 3.43. The van der Waals surface area contributed by atoms with Gasteiger partial charge in [-0.25, -0.2) is 4.79 Å². The minimum absolute atomic E-state index is 0.168. The summed E-state index contributed by atoms with van der Waals surface area (Å²) in [6.45, 7) is 0.249. The smallest absolute Gasteiger partial charge is 0.416 e. The molecule has 0 aromatic heterocycles. The quantitative estimate of drug-likeness (QED) is 0.732. The zero-order valence-electron chi connectivity index (χ0n) is 15.6. The lowest BCUT2D eigenvalue weighted by Crippen LogP contribution is -2.24. The third-order valence-electron chi connectivity index (χ3n) is 4.93. The van der Waals surface area contributed by atoms with Crippen molar-refractivity contribution in [3.8, 4) is 0 Å². The van der Waals surface area contributed by atoms with Gasteiger partial charge in [0.2, 0.25) is 5.91 Å². The summed E-state index contributed by atoms with van der Waals surface area (Å²) in [7, 11) is 0. The minimum Gasteiger partial charge on any atom is -0.478 e. The molecule has 0 bridgehead atoms. The van der Waals surface area contributed by atoms with Gasteiger partial charge in [0.25, 0.3) is 0 Å². The third kappa shape index (κ3) is 5.25. The van der Waals surface area contributed by atoms with Crippen molar-refractivity contribution >= 4 is 11.9 Å². The van der Waals surface area contributed by atoms with Crippen LogP contribution in [0.4, 0.5) is 13.2 Å². The first kappa shape index (κ1) is 20.6. The van der Waals surface area contributed by atoms with E-state index in [1.54, 1.807) is 18.2 Å². The van der Waals surface area contributed by atoms with E-state index in [2.05, 4.69) is 5.32 Å². The van der Waals surface area contributed by atoms with E-state index in [0.717, 1.165) is 29.7 Å².